The highest BCUT2D eigenvalue weighted by atomic mass is 16.5. The first kappa shape index (κ1) is 25.3. The molecule has 9 heteroatoms. The molecule has 1 aliphatic rings. The van der Waals surface area contributed by atoms with Gasteiger partial charge >= 0.3 is 0 Å². The van der Waals surface area contributed by atoms with Gasteiger partial charge in [-0.2, -0.15) is 0 Å². The summed E-state index contributed by atoms with van der Waals surface area (Å²) < 4.78 is 13.6. The standard InChI is InChI=1S/C26H38N6O3/c1-6-23(24-28-29-30-32(24)26(4,5)7-2)31(17-21-10-9-13-35-21)16-19-14-18-15-20(34-8-3)11-12-22(18)27-25(19)33/h11-12,14-15,21,23H,6-10,13,16-17H2,1-5H3,(H,27,33)/t21-,23-/m0/s1. The predicted octanol–water partition coefficient (Wildman–Crippen LogP) is 4.19. The summed E-state index contributed by atoms with van der Waals surface area (Å²) in [7, 11) is 0. The summed E-state index contributed by atoms with van der Waals surface area (Å²) >= 11 is 0. The third-order valence-corrected chi connectivity index (χ3v) is 7.10. The van der Waals surface area contributed by atoms with E-state index in [1.165, 1.54) is 0 Å². The molecular formula is C26H38N6O3. The molecule has 0 unspecified atom stereocenters. The Labute approximate surface area is 206 Å². The second-order valence-corrected chi connectivity index (χ2v) is 9.91. The Bertz CT molecular complexity index is 1180. The van der Waals surface area contributed by atoms with Crippen LogP contribution in [0.1, 0.15) is 77.7 Å². The van der Waals surface area contributed by atoms with Crippen molar-refractivity contribution in [3.05, 3.63) is 46.0 Å². The quantitative estimate of drug-likeness (QED) is 0.437. The number of pyridine rings is 1. The van der Waals surface area contributed by atoms with E-state index in [1.54, 1.807) is 0 Å². The molecule has 2 atom stereocenters. The zero-order valence-corrected chi connectivity index (χ0v) is 21.6. The number of hydrogen-bond donors (Lipinski definition) is 1. The van der Waals surface area contributed by atoms with Gasteiger partial charge in [-0.15, -0.1) is 5.10 Å². The van der Waals surface area contributed by atoms with Crippen LogP contribution in [0.4, 0.5) is 0 Å². The number of aromatic amines is 1. The predicted molar refractivity (Wildman–Crippen MR) is 136 cm³/mol. The van der Waals surface area contributed by atoms with Crippen molar-refractivity contribution in [3.8, 4) is 5.75 Å². The largest absolute Gasteiger partial charge is 0.494 e. The third kappa shape index (κ3) is 5.56. The number of nitrogens with zero attached hydrogens (tertiary/aromatic N) is 5. The van der Waals surface area contributed by atoms with Crippen molar-refractivity contribution in [2.75, 3.05) is 19.8 Å². The molecule has 9 nitrogen and oxygen atoms in total. The Hall–Kier alpha value is -2.78. The molecule has 4 rings (SSSR count). The first-order chi connectivity index (χ1) is 16.9. The van der Waals surface area contributed by atoms with Gasteiger partial charge in [0.15, 0.2) is 5.82 Å². The summed E-state index contributed by atoms with van der Waals surface area (Å²) in [6.07, 6.45) is 3.93. The van der Waals surface area contributed by atoms with Gasteiger partial charge < -0.3 is 14.5 Å². The fourth-order valence-corrected chi connectivity index (χ4v) is 4.76. The highest BCUT2D eigenvalue weighted by Gasteiger charge is 2.32. The normalized spacial score (nSPS) is 17.4. The fraction of sp³-hybridized carbons (Fsp3) is 0.615. The second kappa shape index (κ2) is 10.9. The molecule has 1 N–H and O–H groups in total. The van der Waals surface area contributed by atoms with E-state index in [4.69, 9.17) is 9.47 Å². The summed E-state index contributed by atoms with van der Waals surface area (Å²) in [6.45, 7) is 13.1. The van der Waals surface area contributed by atoms with Crippen LogP contribution in [0.3, 0.4) is 0 Å². The topological polar surface area (TPSA) is 98.2 Å². The smallest absolute Gasteiger partial charge is 0.252 e. The van der Waals surface area contributed by atoms with Gasteiger partial charge in [0.25, 0.3) is 5.56 Å². The summed E-state index contributed by atoms with van der Waals surface area (Å²) in [6, 6.07) is 7.68. The van der Waals surface area contributed by atoms with E-state index in [9.17, 15) is 4.79 Å². The van der Waals surface area contributed by atoms with Crippen molar-refractivity contribution in [1.29, 1.82) is 0 Å². The van der Waals surface area contributed by atoms with Crippen LogP contribution in [-0.4, -0.2) is 56.0 Å². The van der Waals surface area contributed by atoms with Gasteiger partial charge in [-0.25, -0.2) is 4.68 Å². The first-order valence-corrected chi connectivity index (χ1v) is 12.8. The van der Waals surface area contributed by atoms with Crippen molar-refractivity contribution in [1.82, 2.24) is 30.1 Å². The van der Waals surface area contributed by atoms with Crippen molar-refractivity contribution in [2.45, 2.75) is 84.5 Å². The van der Waals surface area contributed by atoms with Gasteiger partial charge in [0.05, 0.1) is 24.3 Å². The molecule has 0 amide bonds. The molecule has 0 aliphatic carbocycles. The monoisotopic (exact) mass is 482 g/mol. The number of hydrogen-bond acceptors (Lipinski definition) is 7. The van der Waals surface area contributed by atoms with Crippen LogP contribution in [0.5, 0.6) is 5.75 Å². The van der Waals surface area contributed by atoms with Gasteiger partial charge in [0.1, 0.15) is 5.75 Å². The van der Waals surface area contributed by atoms with Crippen LogP contribution in [0.2, 0.25) is 0 Å². The molecule has 0 radical (unpaired) electrons. The zero-order chi connectivity index (χ0) is 25.0. The summed E-state index contributed by atoms with van der Waals surface area (Å²) in [4.78, 5) is 18.5. The third-order valence-electron chi connectivity index (χ3n) is 7.10. The number of fused-ring (bicyclic) bond motifs is 1. The average Bonchev–Trinajstić information content (AvgIpc) is 3.53. The van der Waals surface area contributed by atoms with Gasteiger partial charge in [-0.3, -0.25) is 9.69 Å². The summed E-state index contributed by atoms with van der Waals surface area (Å²) in [5.74, 6) is 1.62. The van der Waals surface area contributed by atoms with Crippen LogP contribution in [-0.2, 0) is 16.8 Å². The Morgan fingerprint density at radius 1 is 1.29 bits per heavy atom. The number of benzene rings is 1. The summed E-state index contributed by atoms with van der Waals surface area (Å²) in [5, 5.41) is 13.8. The molecule has 1 aromatic carbocycles. The average molecular weight is 483 g/mol. The maximum atomic E-state index is 13.1. The number of tetrazole rings is 1. The lowest BCUT2D eigenvalue weighted by atomic mass is 10.0. The lowest BCUT2D eigenvalue weighted by Crippen LogP contribution is -2.39. The minimum absolute atomic E-state index is 0.0510. The molecule has 3 heterocycles. The lowest BCUT2D eigenvalue weighted by Gasteiger charge is -2.34. The molecule has 0 spiro atoms. The number of rotatable bonds is 11. The molecule has 1 fully saturated rings. The van der Waals surface area contributed by atoms with Crippen LogP contribution in [0.15, 0.2) is 29.1 Å². The van der Waals surface area contributed by atoms with Crippen LogP contribution in [0, 0.1) is 0 Å². The van der Waals surface area contributed by atoms with Crippen LogP contribution < -0.4 is 10.3 Å². The van der Waals surface area contributed by atoms with Gasteiger partial charge in [-0.05, 0) is 81.1 Å². The highest BCUT2D eigenvalue weighted by Crippen LogP contribution is 2.30. The second-order valence-electron chi connectivity index (χ2n) is 9.91. The minimum atomic E-state index is -0.210. The number of ether oxygens (including phenoxy) is 2. The van der Waals surface area contributed by atoms with Crippen LogP contribution >= 0.6 is 0 Å². The van der Waals surface area contributed by atoms with Crippen molar-refractivity contribution in [3.63, 3.8) is 0 Å². The number of nitrogens with one attached hydrogen (secondary N) is 1. The van der Waals surface area contributed by atoms with E-state index in [0.29, 0.717) is 25.3 Å². The molecule has 2 aromatic heterocycles. The molecule has 3 aromatic rings. The van der Waals surface area contributed by atoms with Crippen molar-refractivity contribution < 1.29 is 9.47 Å². The molecule has 0 bridgehead atoms. The molecular weight excluding hydrogens is 444 g/mol. The van der Waals surface area contributed by atoms with Gasteiger partial charge in [-0.1, -0.05) is 13.8 Å². The van der Waals surface area contributed by atoms with E-state index in [-0.39, 0.29) is 23.2 Å². The molecule has 0 saturated carbocycles. The molecule has 190 valence electrons. The van der Waals surface area contributed by atoms with Gasteiger partial charge in [0, 0.05) is 36.2 Å². The Morgan fingerprint density at radius 2 is 2.11 bits per heavy atom. The molecule has 1 aliphatic heterocycles. The van der Waals surface area contributed by atoms with Crippen molar-refractivity contribution in [2.24, 2.45) is 0 Å². The minimum Gasteiger partial charge on any atom is -0.494 e. The van der Waals surface area contributed by atoms with Gasteiger partial charge in [0.2, 0.25) is 0 Å². The fourth-order valence-electron chi connectivity index (χ4n) is 4.76. The molecule has 1 saturated heterocycles. The zero-order valence-electron chi connectivity index (χ0n) is 21.6. The highest BCUT2D eigenvalue weighted by molar-refractivity contribution is 5.80. The number of aromatic nitrogens is 5. The van der Waals surface area contributed by atoms with Crippen molar-refractivity contribution >= 4 is 10.9 Å². The van der Waals surface area contributed by atoms with E-state index in [1.807, 2.05) is 35.9 Å². The van der Waals surface area contributed by atoms with E-state index >= 15 is 0 Å². The Balaban J connectivity index is 1.71. The maximum absolute atomic E-state index is 13.1. The van der Waals surface area contributed by atoms with E-state index < -0.39 is 0 Å². The number of H-pyrrole nitrogens is 1. The Morgan fingerprint density at radius 3 is 2.80 bits per heavy atom. The lowest BCUT2D eigenvalue weighted by molar-refractivity contribution is 0.0475. The summed E-state index contributed by atoms with van der Waals surface area (Å²) in [5.41, 5.74) is 1.21. The SMILES string of the molecule is CCOc1ccc2[nH]c(=O)c(CN(C[C@@H]3CCCO3)[C@@H](CC)c3nnnn3C(C)(C)CC)cc2c1. The molecule has 35 heavy (non-hydrogen) atoms. The van der Waals surface area contributed by atoms with E-state index in [0.717, 1.165) is 54.8 Å². The Kier molecular flexibility index (Phi) is 7.86. The first-order valence-electron chi connectivity index (χ1n) is 12.8. The van der Waals surface area contributed by atoms with Crippen LogP contribution in [0.25, 0.3) is 10.9 Å². The van der Waals surface area contributed by atoms with E-state index in [2.05, 4.69) is 53.1 Å². The maximum Gasteiger partial charge on any atom is 0.252 e.